The highest BCUT2D eigenvalue weighted by atomic mass is 35.5. The molecule has 0 aliphatic heterocycles. The second kappa shape index (κ2) is 13.4. The van der Waals surface area contributed by atoms with Gasteiger partial charge < -0.3 is 14.7 Å². The van der Waals surface area contributed by atoms with Crippen molar-refractivity contribution >= 4 is 23.6 Å². The van der Waals surface area contributed by atoms with Gasteiger partial charge in [-0.15, -0.1) is 12.4 Å². The number of benzene rings is 3. The summed E-state index contributed by atoms with van der Waals surface area (Å²) in [6, 6.07) is 28.4. The number of rotatable bonds is 10. The van der Waals surface area contributed by atoms with E-state index in [1.807, 2.05) is 68.7 Å². The number of nitriles is 1. The lowest BCUT2D eigenvalue weighted by Gasteiger charge is -2.18. The highest BCUT2D eigenvalue weighted by Gasteiger charge is 2.14. The van der Waals surface area contributed by atoms with Crippen molar-refractivity contribution in [2.45, 2.75) is 12.8 Å². The standard InChI is InChI=1S/C28H30N2O2.ClH/c1-30(2)18-20-32-26-16-14-25(15-17-26)28(24-12-10-22(21-29)11-13-24)27(9-6-19-31)23-7-4-3-5-8-23;/h3-5,7-8,10-17,31H,6,9,18-20H2,1-2H3;1H/b28-27-;. The molecular weight excluding hydrogens is 432 g/mol. The van der Waals surface area contributed by atoms with Gasteiger partial charge in [0.15, 0.2) is 0 Å². The first-order valence-corrected chi connectivity index (χ1v) is 10.9. The van der Waals surface area contributed by atoms with Crippen LogP contribution in [0, 0.1) is 11.3 Å². The lowest BCUT2D eigenvalue weighted by atomic mass is 9.87. The van der Waals surface area contributed by atoms with Crippen LogP contribution in [-0.4, -0.2) is 43.9 Å². The van der Waals surface area contributed by atoms with Crippen LogP contribution in [0.15, 0.2) is 78.9 Å². The van der Waals surface area contributed by atoms with E-state index in [0.717, 1.165) is 41.0 Å². The van der Waals surface area contributed by atoms with Crippen LogP contribution in [0.3, 0.4) is 0 Å². The Labute approximate surface area is 203 Å². The van der Waals surface area contributed by atoms with Gasteiger partial charge in [-0.1, -0.05) is 54.6 Å². The molecule has 0 heterocycles. The summed E-state index contributed by atoms with van der Waals surface area (Å²) < 4.78 is 5.87. The number of aliphatic hydroxyl groups is 1. The molecule has 3 aromatic rings. The summed E-state index contributed by atoms with van der Waals surface area (Å²) in [5.41, 5.74) is 6.16. The van der Waals surface area contributed by atoms with Crippen LogP contribution < -0.4 is 4.74 Å². The van der Waals surface area contributed by atoms with Gasteiger partial charge in [0.2, 0.25) is 0 Å². The summed E-state index contributed by atoms with van der Waals surface area (Å²) in [5, 5.41) is 18.7. The first kappa shape index (κ1) is 26.2. The molecule has 3 aromatic carbocycles. The molecule has 0 bridgehead atoms. The number of ether oxygens (including phenoxy) is 1. The van der Waals surface area contributed by atoms with Crippen molar-refractivity contribution in [3.63, 3.8) is 0 Å². The van der Waals surface area contributed by atoms with Gasteiger partial charge in [0, 0.05) is 13.2 Å². The third-order valence-corrected chi connectivity index (χ3v) is 5.26. The summed E-state index contributed by atoms with van der Waals surface area (Å²) in [4.78, 5) is 2.09. The summed E-state index contributed by atoms with van der Waals surface area (Å²) in [5.74, 6) is 0.839. The summed E-state index contributed by atoms with van der Waals surface area (Å²) in [7, 11) is 4.05. The Bertz CT molecular complexity index is 1050. The molecule has 4 nitrogen and oxygen atoms in total. The van der Waals surface area contributed by atoms with Gasteiger partial charge in [0.1, 0.15) is 12.4 Å². The lowest BCUT2D eigenvalue weighted by Crippen LogP contribution is -2.19. The van der Waals surface area contributed by atoms with E-state index in [-0.39, 0.29) is 19.0 Å². The van der Waals surface area contributed by atoms with Gasteiger partial charge >= 0.3 is 0 Å². The summed E-state index contributed by atoms with van der Waals surface area (Å²) >= 11 is 0. The molecule has 0 saturated heterocycles. The van der Waals surface area contributed by atoms with Gasteiger partial charge in [-0.25, -0.2) is 0 Å². The molecular formula is C28H31ClN2O2. The van der Waals surface area contributed by atoms with Crippen LogP contribution in [0.1, 0.15) is 35.1 Å². The minimum atomic E-state index is 0. The molecule has 0 atom stereocenters. The number of halogens is 1. The molecule has 172 valence electrons. The molecule has 33 heavy (non-hydrogen) atoms. The number of hydrogen-bond acceptors (Lipinski definition) is 4. The summed E-state index contributed by atoms with van der Waals surface area (Å²) in [6.45, 7) is 1.63. The molecule has 0 amide bonds. The Kier molecular flexibility index (Phi) is 10.7. The fourth-order valence-electron chi connectivity index (χ4n) is 3.60. The van der Waals surface area contributed by atoms with Gasteiger partial charge in [-0.2, -0.15) is 5.26 Å². The topological polar surface area (TPSA) is 56.5 Å². The first-order valence-electron chi connectivity index (χ1n) is 10.9. The fourth-order valence-corrected chi connectivity index (χ4v) is 3.60. The van der Waals surface area contributed by atoms with Crippen LogP contribution in [-0.2, 0) is 0 Å². The van der Waals surface area contributed by atoms with Crippen LogP contribution in [0.5, 0.6) is 5.75 Å². The zero-order valence-electron chi connectivity index (χ0n) is 19.2. The van der Waals surface area contributed by atoms with E-state index in [0.29, 0.717) is 18.6 Å². The van der Waals surface area contributed by atoms with Gasteiger partial charge in [0.05, 0.1) is 11.6 Å². The van der Waals surface area contributed by atoms with Crippen LogP contribution >= 0.6 is 12.4 Å². The molecule has 0 aliphatic rings. The fraction of sp³-hybridized carbons (Fsp3) is 0.250. The average Bonchev–Trinajstić information content (AvgIpc) is 2.83. The van der Waals surface area contributed by atoms with E-state index in [4.69, 9.17) is 4.74 Å². The van der Waals surface area contributed by atoms with E-state index in [1.165, 1.54) is 5.57 Å². The molecule has 0 radical (unpaired) electrons. The maximum atomic E-state index is 9.53. The van der Waals surface area contributed by atoms with Crippen molar-refractivity contribution < 1.29 is 9.84 Å². The quantitative estimate of drug-likeness (QED) is 0.395. The number of nitrogens with zero attached hydrogens (tertiary/aromatic N) is 2. The molecule has 0 aromatic heterocycles. The van der Waals surface area contributed by atoms with Crippen molar-refractivity contribution in [3.05, 3.63) is 101 Å². The zero-order chi connectivity index (χ0) is 22.8. The Morgan fingerprint density at radius 2 is 1.48 bits per heavy atom. The highest BCUT2D eigenvalue weighted by molar-refractivity contribution is 5.98. The minimum Gasteiger partial charge on any atom is -0.492 e. The van der Waals surface area contributed by atoms with Crippen LogP contribution in [0.2, 0.25) is 0 Å². The maximum absolute atomic E-state index is 9.53. The van der Waals surface area contributed by atoms with E-state index in [1.54, 1.807) is 0 Å². The normalized spacial score (nSPS) is 11.4. The van der Waals surface area contributed by atoms with Crippen molar-refractivity contribution in [3.8, 4) is 11.8 Å². The first-order chi connectivity index (χ1) is 15.6. The van der Waals surface area contributed by atoms with Gasteiger partial charge in [-0.05, 0) is 79.0 Å². The maximum Gasteiger partial charge on any atom is 0.119 e. The molecule has 0 saturated carbocycles. The predicted octanol–water partition coefficient (Wildman–Crippen LogP) is 5.65. The Hall–Kier alpha value is -3.10. The second-order valence-electron chi connectivity index (χ2n) is 7.91. The molecule has 0 fully saturated rings. The summed E-state index contributed by atoms with van der Waals surface area (Å²) in [6.07, 6.45) is 1.42. The third-order valence-electron chi connectivity index (χ3n) is 5.26. The van der Waals surface area contributed by atoms with Gasteiger partial charge in [0.25, 0.3) is 0 Å². The Balaban J connectivity index is 0.00000385. The molecule has 1 N–H and O–H groups in total. The van der Waals surface area contributed by atoms with E-state index in [2.05, 4.69) is 35.2 Å². The Morgan fingerprint density at radius 3 is 2.03 bits per heavy atom. The van der Waals surface area contributed by atoms with Crippen molar-refractivity contribution in [1.82, 2.24) is 4.90 Å². The number of hydrogen-bond donors (Lipinski definition) is 1. The average molecular weight is 463 g/mol. The monoisotopic (exact) mass is 462 g/mol. The molecule has 0 aliphatic carbocycles. The van der Waals surface area contributed by atoms with E-state index >= 15 is 0 Å². The minimum absolute atomic E-state index is 0. The van der Waals surface area contributed by atoms with Crippen molar-refractivity contribution in [1.29, 1.82) is 5.26 Å². The highest BCUT2D eigenvalue weighted by Crippen LogP contribution is 2.35. The molecule has 5 heteroatoms. The van der Waals surface area contributed by atoms with Crippen molar-refractivity contribution in [2.24, 2.45) is 0 Å². The number of aliphatic hydroxyl groups excluding tert-OH is 1. The molecule has 3 rings (SSSR count). The van der Waals surface area contributed by atoms with E-state index in [9.17, 15) is 10.4 Å². The Morgan fingerprint density at radius 1 is 0.879 bits per heavy atom. The smallest absolute Gasteiger partial charge is 0.119 e. The molecule has 0 spiro atoms. The van der Waals surface area contributed by atoms with Crippen LogP contribution in [0.25, 0.3) is 11.1 Å². The van der Waals surface area contributed by atoms with Gasteiger partial charge in [-0.3, -0.25) is 0 Å². The largest absolute Gasteiger partial charge is 0.492 e. The third kappa shape index (κ3) is 7.47. The van der Waals surface area contributed by atoms with Crippen molar-refractivity contribution in [2.75, 3.05) is 33.9 Å². The molecule has 0 unspecified atom stereocenters. The lowest BCUT2D eigenvalue weighted by molar-refractivity contribution is 0.261. The predicted molar refractivity (Wildman–Crippen MR) is 138 cm³/mol. The van der Waals surface area contributed by atoms with Crippen LogP contribution in [0.4, 0.5) is 0 Å². The SMILES string of the molecule is CN(C)CCOc1ccc(/C(=C(/CCCO)c2ccccc2)c2ccc(C#N)cc2)cc1.Cl. The van der Waals surface area contributed by atoms with E-state index < -0.39 is 0 Å². The number of allylic oxidation sites excluding steroid dienone is 1. The number of likely N-dealkylation sites (N-methyl/N-ethyl adjacent to an activating group) is 1. The second-order valence-corrected chi connectivity index (χ2v) is 7.91. The zero-order valence-corrected chi connectivity index (χ0v) is 20.0.